The summed E-state index contributed by atoms with van der Waals surface area (Å²) in [7, 11) is 0. The summed E-state index contributed by atoms with van der Waals surface area (Å²) in [5, 5.41) is 14.0. The zero-order chi connectivity index (χ0) is 15.6. The minimum atomic E-state index is -0.607. The Morgan fingerprint density at radius 1 is 1.43 bits per heavy atom. The van der Waals surface area contributed by atoms with E-state index in [1.165, 1.54) is 29.5 Å². The maximum atomic E-state index is 12.2. The fraction of sp³-hybridized carbons (Fsp3) is 0.167. The van der Waals surface area contributed by atoms with Crippen LogP contribution in [-0.2, 0) is 0 Å². The van der Waals surface area contributed by atoms with E-state index in [0.29, 0.717) is 5.13 Å². The second-order valence-corrected chi connectivity index (χ2v) is 5.42. The minimum Gasteiger partial charge on any atom is -0.318 e. The molecule has 0 aliphatic carbocycles. The number of aryl methyl sites for hydroxylation is 2. The lowest BCUT2D eigenvalue weighted by molar-refractivity contribution is -0.384. The molecule has 9 heteroatoms. The molecule has 21 heavy (non-hydrogen) atoms. The monoisotopic (exact) mass is 307 g/mol. The van der Waals surface area contributed by atoms with E-state index in [1.807, 2.05) is 13.8 Å². The van der Waals surface area contributed by atoms with Crippen molar-refractivity contribution in [2.75, 3.05) is 10.7 Å². The van der Waals surface area contributed by atoms with Crippen LogP contribution in [0.5, 0.6) is 0 Å². The predicted molar refractivity (Wildman–Crippen MR) is 80.4 cm³/mol. The molecule has 110 valence electrons. The van der Waals surface area contributed by atoms with Gasteiger partial charge < -0.3 is 5.43 Å². The highest BCUT2D eigenvalue weighted by Crippen LogP contribution is 2.28. The Hall–Kier alpha value is -2.52. The standard InChI is InChI=1S/C12H13N5O3S/c1-6-7(2)21-12(14-6)15-11(18)8-4-3-5-9(17(19)20)10(8)16-13/h3-5,16H,13H2,1-2H3,(H,14,15,18). The number of nitro benzene ring substituents is 1. The lowest BCUT2D eigenvalue weighted by atomic mass is 10.1. The maximum Gasteiger partial charge on any atom is 0.294 e. The third-order valence-corrected chi connectivity index (χ3v) is 3.87. The van der Waals surface area contributed by atoms with Crippen LogP contribution in [0.3, 0.4) is 0 Å². The van der Waals surface area contributed by atoms with Gasteiger partial charge in [-0.2, -0.15) is 0 Å². The number of hydrogen-bond donors (Lipinski definition) is 3. The number of thiazole rings is 1. The number of nitrogens with zero attached hydrogens (tertiary/aromatic N) is 2. The smallest absolute Gasteiger partial charge is 0.294 e. The van der Waals surface area contributed by atoms with E-state index < -0.39 is 10.8 Å². The van der Waals surface area contributed by atoms with Gasteiger partial charge in [0.2, 0.25) is 0 Å². The number of rotatable bonds is 4. The van der Waals surface area contributed by atoms with Gasteiger partial charge in [-0.15, -0.1) is 11.3 Å². The Labute approximate surface area is 124 Å². The highest BCUT2D eigenvalue weighted by Gasteiger charge is 2.21. The van der Waals surface area contributed by atoms with Crippen molar-refractivity contribution in [3.8, 4) is 0 Å². The SMILES string of the molecule is Cc1nc(NC(=O)c2cccc([N+](=O)[O-])c2NN)sc1C. The Bertz CT molecular complexity index is 693. The molecule has 0 radical (unpaired) electrons. The molecular weight excluding hydrogens is 294 g/mol. The van der Waals surface area contributed by atoms with Crippen LogP contribution in [0, 0.1) is 24.0 Å². The first kappa shape index (κ1) is 14.9. The molecule has 0 bridgehead atoms. The van der Waals surface area contributed by atoms with Gasteiger partial charge in [0.25, 0.3) is 11.6 Å². The average molecular weight is 307 g/mol. The Morgan fingerprint density at radius 2 is 2.14 bits per heavy atom. The first-order valence-electron chi connectivity index (χ1n) is 5.93. The lowest BCUT2D eigenvalue weighted by Gasteiger charge is -2.08. The number of hydrazine groups is 1. The molecule has 0 aliphatic heterocycles. The third kappa shape index (κ3) is 2.98. The van der Waals surface area contributed by atoms with Crippen molar-refractivity contribution in [3.63, 3.8) is 0 Å². The van der Waals surface area contributed by atoms with Crippen LogP contribution in [0.2, 0.25) is 0 Å². The second-order valence-electron chi connectivity index (χ2n) is 4.22. The Morgan fingerprint density at radius 3 is 2.67 bits per heavy atom. The predicted octanol–water partition coefficient (Wildman–Crippen LogP) is 2.21. The van der Waals surface area contributed by atoms with E-state index in [1.54, 1.807) is 0 Å². The van der Waals surface area contributed by atoms with Gasteiger partial charge in [0.05, 0.1) is 16.2 Å². The Kier molecular flexibility index (Phi) is 4.15. The van der Waals surface area contributed by atoms with Crippen LogP contribution in [0.15, 0.2) is 18.2 Å². The van der Waals surface area contributed by atoms with Gasteiger partial charge in [-0.1, -0.05) is 6.07 Å². The van der Waals surface area contributed by atoms with Gasteiger partial charge in [0.15, 0.2) is 5.13 Å². The summed E-state index contributed by atoms with van der Waals surface area (Å²) in [6.45, 7) is 3.73. The summed E-state index contributed by atoms with van der Waals surface area (Å²) in [5.41, 5.74) is 2.81. The highest BCUT2D eigenvalue weighted by atomic mass is 32.1. The molecule has 1 amide bonds. The molecule has 4 N–H and O–H groups in total. The third-order valence-electron chi connectivity index (χ3n) is 2.88. The molecule has 2 aromatic rings. The summed E-state index contributed by atoms with van der Waals surface area (Å²) in [4.78, 5) is 27.7. The quantitative estimate of drug-likeness (QED) is 0.452. The molecule has 0 atom stereocenters. The van der Waals surface area contributed by atoms with Gasteiger partial charge >= 0.3 is 0 Å². The second kappa shape index (κ2) is 5.85. The number of hydrogen-bond acceptors (Lipinski definition) is 7. The normalized spacial score (nSPS) is 10.2. The van der Waals surface area contributed by atoms with Crippen LogP contribution in [0.1, 0.15) is 20.9 Å². The van der Waals surface area contributed by atoms with E-state index >= 15 is 0 Å². The lowest BCUT2D eigenvalue weighted by Crippen LogP contribution is -2.18. The van der Waals surface area contributed by atoms with Gasteiger partial charge in [-0.25, -0.2) is 4.98 Å². The van der Waals surface area contributed by atoms with E-state index in [4.69, 9.17) is 5.84 Å². The number of nitro groups is 1. The zero-order valence-electron chi connectivity index (χ0n) is 11.3. The largest absolute Gasteiger partial charge is 0.318 e. The number of aromatic nitrogens is 1. The van der Waals surface area contributed by atoms with Crippen LogP contribution in [0.4, 0.5) is 16.5 Å². The molecule has 2 rings (SSSR count). The van der Waals surface area contributed by atoms with Crippen LogP contribution in [0.25, 0.3) is 0 Å². The molecule has 1 aromatic carbocycles. The summed E-state index contributed by atoms with van der Waals surface area (Å²) in [5.74, 6) is 4.79. The molecule has 0 spiro atoms. The number of nitrogens with one attached hydrogen (secondary N) is 2. The molecule has 0 saturated heterocycles. The fourth-order valence-corrected chi connectivity index (χ4v) is 2.53. The number of benzene rings is 1. The summed E-state index contributed by atoms with van der Waals surface area (Å²) < 4.78 is 0. The van der Waals surface area contributed by atoms with E-state index in [2.05, 4.69) is 15.7 Å². The van der Waals surface area contributed by atoms with E-state index in [9.17, 15) is 14.9 Å². The summed E-state index contributed by atoms with van der Waals surface area (Å²) in [6.07, 6.45) is 0. The molecule has 0 aliphatic rings. The van der Waals surface area contributed by atoms with Crippen molar-refractivity contribution >= 4 is 33.8 Å². The molecule has 0 fully saturated rings. The molecule has 0 unspecified atom stereocenters. The zero-order valence-corrected chi connectivity index (χ0v) is 12.2. The van der Waals surface area contributed by atoms with Gasteiger partial charge in [-0.05, 0) is 19.9 Å². The highest BCUT2D eigenvalue weighted by molar-refractivity contribution is 7.15. The number of nitrogens with two attached hydrogens (primary N) is 1. The van der Waals surface area contributed by atoms with Crippen molar-refractivity contribution < 1.29 is 9.72 Å². The fourth-order valence-electron chi connectivity index (χ4n) is 1.72. The maximum absolute atomic E-state index is 12.2. The molecule has 1 heterocycles. The Balaban J connectivity index is 2.35. The van der Waals surface area contributed by atoms with Crippen LogP contribution in [-0.4, -0.2) is 15.8 Å². The summed E-state index contributed by atoms with van der Waals surface area (Å²) >= 11 is 1.33. The van der Waals surface area contributed by atoms with Crippen molar-refractivity contribution in [3.05, 3.63) is 44.4 Å². The van der Waals surface area contributed by atoms with Crippen molar-refractivity contribution in [2.45, 2.75) is 13.8 Å². The number of para-hydroxylation sites is 1. The number of anilines is 2. The van der Waals surface area contributed by atoms with Crippen molar-refractivity contribution in [1.29, 1.82) is 0 Å². The molecule has 8 nitrogen and oxygen atoms in total. The van der Waals surface area contributed by atoms with Crippen LogP contribution >= 0.6 is 11.3 Å². The average Bonchev–Trinajstić information content (AvgIpc) is 2.76. The number of carbonyl (C=O) groups excluding carboxylic acids is 1. The first-order chi connectivity index (χ1) is 9.93. The molecule has 1 aromatic heterocycles. The minimum absolute atomic E-state index is 0.0370. The summed E-state index contributed by atoms with van der Waals surface area (Å²) in [6, 6.07) is 4.14. The number of amides is 1. The van der Waals surface area contributed by atoms with Gasteiger partial charge in [-0.3, -0.25) is 26.1 Å². The topological polar surface area (TPSA) is 123 Å². The first-order valence-corrected chi connectivity index (χ1v) is 6.75. The van der Waals surface area contributed by atoms with Crippen molar-refractivity contribution in [1.82, 2.24) is 4.98 Å². The van der Waals surface area contributed by atoms with Crippen molar-refractivity contribution in [2.24, 2.45) is 5.84 Å². The van der Waals surface area contributed by atoms with Crippen LogP contribution < -0.4 is 16.6 Å². The van der Waals surface area contributed by atoms with Gasteiger partial charge in [0, 0.05) is 10.9 Å². The number of nitrogen functional groups attached to an aromatic ring is 1. The molecular formula is C12H13N5O3S. The molecule has 0 saturated carbocycles. The number of carbonyl (C=O) groups is 1. The van der Waals surface area contributed by atoms with E-state index in [-0.39, 0.29) is 16.9 Å². The van der Waals surface area contributed by atoms with Gasteiger partial charge in [0.1, 0.15) is 5.69 Å². The van der Waals surface area contributed by atoms with E-state index in [0.717, 1.165) is 10.6 Å².